The molecule has 1 aromatic rings. The van der Waals surface area contributed by atoms with Crippen molar-refractivity contribution in [3.63, 3.8) is 0 Å². The molecule has 7 heteroatoms. The van der Waals surface area contributed by atoms with Crippen molar-refractivity contribution in [3.8, 4) is 0 Å². The van der Waals surface area contributed by atoms with Crippen LogP contribution in [0.4, 0.5) is 14.6 Å². The van der Waals surface area contributed by atoms with Gasteiger partial charge in [0.25, 0.3) is 6.43 Å². The zero-order valence-electron chi connectivity index (χ0n) is 9.13. The summed E-state index contributed by atoms with van der Waals surface area (Å²) in [5.74, 6) is -1.11. The third kappa shape index (κ3) is 3.27. The average molecular weight is 246 g/mol. The molecule has 1 aromatic heterocycles. The average Bonchev–Trinajstić information content (AvgIpc) is 2.15. The van der Waals surface area contributed by atoms with Gasteiger partial charge >= 0.3 is 5.97 Å². The summed E-state index contributed by atoms with van der Waals surface area (Å²) in [6.07, 6.45) is -3.27. The Bertz CT molecular complexity index is 471. The van der Waals surface area contributed by atoms with E-state index in [1.807, 2.05) is 0 Å². The van der Waals surface area contributed by atoms with Crippen LogP contribution in [0.5, 0.6) is 0 Å². The van der Waals surface area contributed by atoms with Crippen LogP contribution >= 0.6 is 0 Å². The van der Waals surface area contributed by atoms with Crippen LogP contribution in [0.3, 0.4) is 0 Å². The van der Waals surface area contributed by atoms with Gasteiger partial charge in [0.1, 0.15) is 5.82 Å². The lowest BCUT2D eigenvalue weighted by atomic mass is 10.1. The summed E-state index contributed by atoms with van der Waals surface area (Å²) in [6, 6.07) is 0.925. The van der Waals surface area contributed by atoms with E-state index < -0.39 is 35.8 Å². The highest BCUT2D eigenvalue weighted by molar-refractivity contribution is 5.73. The second-order valence-corrected chi connectivity index (χ2v) is 3.27. The quantitative estimate of drug-likeness (QED) is 0.776. The summed E-state index contributed by atoms with van der Waals surface area (Å²) in [5.41, 5.74) is 4.01. The van der Waals surface area contributed by atoms with Crippen LogP contribution in [0, 0.1) is 0 Å². The van der Waals surface area contributed by atoms with Gasteiger partial charge in [-0.1, -0.05) is 0 Å². The van der Waals surface area contributed by atoms with Gasteiger partial charge in [-0.15, -0.1) is 0 Å². The van der Waals surface area contributed by atoms with Crippen LogP contribution < -0.4 is 11.3 Å². The Morgan fingerprint density at radius 3 is 2.76 bits per heavy atom. The number of carbonyl (C=O) groups is 1. The number of ether oxygens (including phenoxy) is 1. The SMILES string of the molecule is CCOC(=O)Cc1cc(=O)[nH]c(N)c1C(F)F. The number of aromatic amines is 1. The van der Waals surface area contributed by atoms with E-state index in [0.717, 1.165) is 6.07 Å². The van der Waals surface area contributed by atoms with Gasteiger partial charge in [0.2, 0.25) is 5.56 Å². The molecule has 0 aliphatic heterocycles. The number of anilines is 1. The Hall–Kier alpha value is -1.92. The Morgan fingerprint density at radius 1 is 1.59 bits per heavy atom. The van der Waals surface area contributed by atoms with Gasteiger partial charge in [-0.2, -0.15) is 0 Å². The number of nitrogens with one attached hydrogen (secondary N) is 1. The fourth-order valence-electron chi connectivity index (χ4n) is 1.42. The fourth-order valence-corrected chi connectivity index (χ4v) is 1.42. The van der Waals surface area contributed by atoms with E-state index in [4.69, 9.17) is 5.73 Å². The highest BCUT2D eigenvalue weighted by Gasteiger charge is 2.20. The van der Waals surface area contributed by atoms with E-state index in [0.29, 0.717) is 0 Å². The fraction of sp³-hybridized carbons (Fsp3) is 0.400. The second kappa shape index (κ2) is 5.42. The van der Waals surface area contributed by atoms with Crippen molar-refractivity contribution in [3.05, 3.63) is 27.5 Å². The molecule has 0 bridgehead atoms. The maximum Gasteiger partial charge on any atom is 0.310 e. The van der Waals surface area contributed by atoms with Gasteiger partial charge < -0.3 is 15.5 Å². The molecule has 0 aromatic carbocycles. The molecule has 0 saturated heterocycles. The van der Waals surface area contributed by atoms with Gasteiger partial charge in [0, 0.05) is 6.07 Å². The Kier molecular flexibility index (Phi) is 4.19. The molecule has 0 radical (unpaired) electrons. The van der Waals surface area contributed by atoms with E-state index in [-0.39, 0.29) is 12.2 Å². The standard InChI is InChI=1S/C10H12F2N2O3/c1-2-17-7(16)4-5-3-6(15)14-10(13)8(5)9(11)12/h3,9H,2,4H2,1H3,(H3,13,14,15). The predicted octanol–water partition coefficient (Wildman–Crippen LogP) is 1.00. The monoisotopic (exact) mass is 246 g/mol. The predicted molar refractivity (Wildman–Crippen MR) is 56.8 cm³/mol. The molecule has 0 spiro atoms. The number of nitrogen functional groups attached to an aromatic ring is 1. The summed E-state index contributed by atoms with van der Waals surface area (Å²) < 4.78 is 30.0. The van der Waals surface area contributed by atoms with Crippen LogP contribution in [0.25, 0.3) is 0 Å². The van der Waals surface area contributed by atoms with Crippen LogP contribution in [0.15, 0.2) is 10.9 Å². The molecule has 0 amide bonds. The molecule has 0 unspecified atom stereocenters. The molecular weight excluding hydrogens is 234 g/mol. The number of esters is 1. The minimum absolute atomic E-state index is 0.111. The van der Waals surface area contributed by atoms with E-state index in [1.54, 1.807) is 6.92 Å². The number of halogens is 2. The van der Waals surface area contributed by atoms with Crippen LogP contribution in [-0.2, 0) is 16.0 Å². The number of pyridine rings is 1. The molecule has 0 fully saturated rings. The number of alkyl halides is 2. The summed E-state index contributed by atoms with van der Waals surface area (Å²) in [5, 5.41) is 0. The van der Waals surface area contributed by atoms with Gasteiger partial charge in [-0.25, -0.2) is 8.78 Å². The zero-order chi connectivity index (χ0) is 13.0. The molecule has 0 aliphatic rings. The van der Waals surface area contributed by atoms with E-state index in [1.165, 1.54) is 0 Å². The highest BCUT2D eigenvalue weighted by atomic mass is 19.3. The molecule has 5 nitrogen and oxygen atoms in total. The largest absolute Gasteiger partial charge is 0.466 e. The molecule has 3 N–H and O–H groups in total. The Balaban J connectivity index is 3.12. The molecule has 0 saturated carbocycles. The highest BCUT2D eigenvalue weighted by Crippen LogP contribution is 2.26. The third-order valence-electron chi connectivity index (χ3n) is 2.06. The van der Waals surface area contributed by atoms with Gasteiger partial charge in [-0.05, 0) is 12.5 Å². The Labute approximate surface area is 95.6 Å². The van der Waals surface area contributed by atoms with Crippen LogP contribution in [0.1, 0.15) is 24.5 Å². The zero-order valence-corrected chi connectivity index (χ0v) is 9.13. The number of nitrogens with two attached hydrogens (primary N) is 1. The molecule has 0 atom stereocenters. The minimum Gasteiger partial charge on any atom is -0.466 e. The molecule has 1 heterocycles. The first-order chi connectivity index (χ1) is 7.95. The summed E-state index contributed by atoms with van der Waals surface area (Å²) in [6.45, 7) is 1.74. The summed E-state index contributed by atoms with van der Waals surface area (Å²) in [4.78, 5) is 24.3. The summed E-state index contributed by atoms with van der Waals surface area (Å²) in [7, 11) is 0. The topological polar surface area (TPSA) is 85.2 Å². The second-order valence-electron chi connectivity index (χ2n) is 3.27. The van der Waals surface area contributed by atoms with E-state index >= 15 is 0 Å². The van der Waals surface area contributed by atoms with Crippen LogP contribution in [0.2, 0.25) is 0 Å². The lowest BCUT2D eigenvalue weighted by Crippen LogP contribution is -2.17. The molecule has 1 rings (SSSR count). The van der Waals surface area contributed by atoms with Crippen molar-refractivity contribution in [1.82, 2.24) is 4.98 Å². The van der Waals surface area contributed by atoms with Gasteiger partial charge in [-0.3, -0.25) is 9.59 Å². The maximum absolute atomic E-state index is 12.7. The number of rotatable bonds is 4. The van der Waals surface area contributed by atoms with Crippen LogP contribution in [-0.4, -0.2) is 17.6 Å². The van der Waals surface area contributed by atoms with Crippen molar-refractivity contribution < 1.29 is 18.3 Å². The summed E-state index contributed by atoms with van der Waals surface area (Å²) >= 11 is 0. The van der Waals surface area contributed by atoms with Crippen molar-refractivity contribution in [2.24, 2.45) is 0 Å². The number of hydrogen-bond donors (Lipinski definition) is 2. The van der Waals surface area contributed by atoms with E-state index in [2.05, 4.69) is 9.72 Å². The molecule has 17 heavy (non-hydrogen) atoms. The first-order valence-corrected chi connectivity index (χ1v) is 4.91. The first kappa shape index (κ1) is 13.1. The first-order valence-electron chi connectivity index (χ1n) is 4.91. The van der Waals surface area contributed by atoms with Gasteiger partial charge in [0.05, 0.1) is 18.6 Å². The number of aromatic nitrogens is 1. The van der Waals surface area contributed by atoms with Gasteiger partial charge in [0.15, 0.2) is 0 Å². The third-order valence-corrected chi connectivity index (χ3v) is 2.06. The number of H-pyrrole nitrogens is 1. The maximum atomic E-state index is 12.7. The normalized spacial score (nSPS) is 10.6. The molecule has 94 valence electrons. The number of carbonyl (C=O) groups excluding carboxylic acids is 1. The van der Waals surface area contributed by atoms with Crippen molar-refractivity contribution in [2.45, 2.75) is 19.8 Å². The lowest BCUT2D eigenvalue weighted by molar-refractivity contribution is -0.142. The molecular formula is C10H12F2N2O3. The van der Waals surface area contributed by atoms with E-state index in [9.17, 15) is 18.4 Å². The molecule has 0 aliphatic carbocycles. The smallest absolute Gasteiger partial charge is 0.310 e. The minimum atomic E-state index is -2.86. The van der Waals surface area contributed by atoms with Crippen molar-refractivity contribution >= 4 is 11.8 Å². The number of hydrogen-bond acceptors (Lipinski definition) is 4. The lowest BCUT2D eigenvalue weighted by Gasteiger charge is -2.10. The van der Waals surface area contributed by atoms with Crippen molar-refractivity contribution in [2.75, 3.05) is 12.3 Å². The Morgan fingerprint density at radius 2 is 2.24 bits per heavy atom. The van der Waals surface area contributed by atoms with Crippen molar-refractivity contribution in [1.29, 1.82) is 0 Å².